The number of nitrogens with one attached hydrogen (secondary N) is 1. The molecule has 10 nitrogen and oxygen atoms in total. The van der Waals surface area contributed by atoms with Crippen molar-refractivity contribution in [2.24, 2.45) is 0 Å². The molecule has 0 unspecified atom stereocenters. The van der Waals surface area contributed by atoms with E-state index >= 15 is 0 Å². The molecule has 0 aliphatic carbocycles. The van der Waals surface area contributed by atoms with Gasteiger partial charge in [0.2, 0.25) is 0 Å². The summed E-state index contributed by atoms with van der Waals surface area (Å²) < 4.78 is 38.8. The van der Waals surface area contributed by atoms with Crippen molar-refractivity contribution in [1.29, 1.82) is 0 Å². The Morgan fingerprint density at radius 1 is 1.06 bits per heavy atom. The Morgan fingerprint density at radius 2 is 1.72 bits per heavy atom. The van der Waals surface area contributed by atoms with Crippen LogP contribution in [0.5, 0.6) is 5.75 Å². The van der Waals surface area contributed by atoms with Gasteiger partial charge >= 0.3 is 10.2 Å². The lowest BCUT2D eigenvalue weighted by molar-refractivity contribution is -0.131. The topological polar surface area (TPSA) is 110 Å². The van der Waals surface area contributed by atoms with E-state index in [9.17, 15) is 18.0 Å². The van der Waals surface area contributed by atoms with Gasteiger partial charge in [-0.25, -0.2) is 3.97 Å². The van der Waals surface area contributed by atoms with Crippen molar-refractivity contribution < 1.29 is 27.5 Å². The summed E-state index contributed by atoms with van der Waals surface area (Å²) in [4.78, 5) is 28.3. The summed E-state index contributed by atoms with van der Waals surface area (Å²) in [7, 11) is 0.521. The first-order valence-corrected chi connectivity index (χ1v) is 12.7. The van der Waals surface area contributed by atoms with Gasteiger partial charge in [0.05, 0.1) is 31.4 Å². The number of para-hydroxylation sites is 2. The van der Waals surface area contributed by atoms with Crippen molar-refractivity contribution in [3.05, 3.63) is 71.6 Å². The second-order valence-corrected chi connectivity index (χ2v) is 10.3. The molecule has 3 aromatic rings. The van der Waals surface area contributed by atoms with Crippen LogP contribution in [0.4, 0.5) is 0 Å². The number of carbonyl (C=O) groups is 2. The van der Waals surface area contributed by atoms with Gasteiger partial charge < -0.3 is 19.7 Å². The van der Waals surface area contributed by atoms with Crippen LogP contribution in [0.1, 0.15) is 15.9 Å². The number of methoxy groups -OCH3 is 1. The highest BCUT2D eigenvalue weighted by Gasteiger charge is 2.25. The van der Waals surface area contributed by atoms with E-state index in [1.807, 2.05) is 0 Å². The molecule has 1 fully saturated rings. The maximum absolute atomic E-state index is 13.5. The molecule has 0 bridgehead atoms. The van der Waals surface area contributed by atoms with Gasteiger partial charge in [0.15, 0.2) is 0 Å². The summed E-state index contributed by atoms with van der Waals surface area (Å²) in [6.07, 6.45) is 2.96. The lowest BCUT2D eigenvalue weighted by Crippen LogP contribution is -2.44. The van der Waals surface area contributed by atoms with Crippen LogP contribution in [0.2, 0.25) is 0 Å². The molecule has 190 valence electrons. The zero-order valence-electron chi connectivity index (χ0n) is 20.3. The van der Waals surface area contributed by atoms with E-state index in [4.69, 9.17) is 9.47 Å². The normalized spacial score (nSPS) is 14.8. The molecule has 11 heteroatoms. The van der Waals surface area contributed by atoms with Crippen molar-refractivity contribution in [2.45, 2.75) is 0 Å². The zero-order valence-corrected chi connectivity index (χ0v) is 21.1. The van der Waals surface area contributed by atoms with Crippen LogP contribution in [0.15, 0.2) is 60.4 Å². The molecule has 1 aromatic heterocycles. The molecule has 2 amide bonds. The minimum absolute atomic E-state index is 0.0120. The van der Waals surface area contributed by atoms with E-state index in [-0.39, 0.29) is 11.3 Å². The zero-order chi connectivity index (χ0) is 25.9. The van der Waals surface area contributed by atoms with Crippen LogP contribution in [0.3, 0.4) is 0 Å². The average Bonchev–Trinajstić information content (AvgIpc) is 3.27. The first-order valence-electron chi connectivity index (χ1n) is 11.3. The van der Waals surface area contributed by atoms with Gasteiger partial charge in [-0.2, -0.15) is 12.7 Å². The van der Waals surface area contributed by atoms with Gasteiger partial charge in [0, 0.05) is 44.3 Å². The highest BCUT2D eigenvalue weighted by Crippen LogP contribution is 2.26. The highest BCUT2D eigenvalue weighted by atomic mass is 32.2. The summed E-state index contributed by atoms with van der Waals surface area (Å²) in [5.41, 5.74) is 1.19. The second kappa shape index (κ2) is 10.5. The van der Waals surface area contributed by atoms with E-state index in [1.54, 1.807) is 53.4 Å². The number of hydrogen-bond acceptors (Lipinski definition) is 6. The quantitative estimate of drug-likeness (QED) is 0.485. The predicted octanol–water partition coefficient (Wildman–Crippen LogP) is 1.93. The molecule has 36 heavy (non-hydrogen) atoms. The third-order valence-corrected chi connectivity index (χ3v) is 7.57. The van der Waals surface area contributed by atoms with E-state index in [0.29, 0.717) is 48.5 Å². The smallest absolute Gasteiger partial charge is 0.307 e. The fourth-order valence-corrected chi connectivity index (χ4v) is 4.93. The predicted molar refractivity (Wildman–Crippen MR) is 136 cm³/mol. The molecule has 0 saturated carbocycles. The number of hydrogen-bond donors (Lipinski definition) is 1. The first kappa shape index (κ1) is 25.4. The molecule has 0 atom stereocenters. The van der Waals surface area contributed by atoms with Gasteiger partial charge in [0.1, 0.15) is 11.4 Å². The summed E-state index contributed by atoms with van der Waals surface area (Å²) in [5, 5.41) is 3.34. The van der Waals surface area contributed by atoms with Crippen molar-refractivity contribution in [2.75, 3.05) is 47.5 Å². The summed E-state index contributed by atoms with van der Waals surface area (Å²) in [5.74, 6) is -0.555. The SMILES string of the molecule is COc1ccccc1C(=O)N/C(=C\c1cn(S(=O)(=O)N(C)C)c2ccccc12)C(=O)N1CCOCC1. The third-order valence-electron chi connectivity index (χ3n) is 5.85. The fourth-order valence-electron chi connectivity index (χ4n) is 3.92. The van der Waals surface area contributed by atoms with E-state index < -0.39 is 22.0 Å². The molecule has 1 aliphatic heterocycles. The van der Waals surface area contributed by atoms with Crippen LogP contribution in [-0.4, -0.2) is 80.9 Å². The van der Waals surface area contributed by atoms with Gasteiger partial charge in [-0.1, -0.05) is 30.3 Å². The maximum atomic E-state index is 13.5. The van der Waals surface area contributed by atoms with Gasteiger partial charge in [0.25, 0.3) is 11.8 Å². The Hall–Kier alpha value is -3.67. The number of rotatable bonds is 7. The van der Waals surface area contributed by atoms with Crippen LogP contribution in [0.25, 0.3) is 17.0 Å². The van der Waals surface area contributed by atoms with Gasteiger partial charge in [-0.15, -0.1) is 0 Å². The number of aromatic nitrogens is 1. The molecule has 0 spiro atoms. The Bertz CT molecular complexity index is 1420. The van der Waals surface area contributed by atoms with Crippen molar-refractivity contribution in [1.82, 2.24) is 18.5 Å². The Kier molecular flexibility index (Phi) is 7.43. The molecular formula is C25H28N4O6S. The second-order valence-electron chi connectivity index (χ2n) is 8.30. The van der Waals surface area contributed by atoms with Crippen LogP contribution < -0.4 is 10.1 Å². The molecule has 2 aromatic carbocycles. The minimum atomic E-state index is -3.83. The lowest BCUT2D eigenvalue weighted by Gasteiger charge is -2.28. The van der Waals surface area contributed by atoms with E-state index in [0.717, 1.165) is 8.28 Å². The minimum Gasteiger partial charge on any atom is -0.496 e. The van der Waals surface area contributed by atoms with Crippen molar-refractivity contribution >= 4 is 39.0 Å². The molecule has 1 aliphatic rings. The number of morpholine rings is 1. The van der Waals surface area contributed by atoms with Gasteiger partial charge in [-0.05, 0) is 24.3 Å². The molecular weight excluding hydrogens is 484 g/mol. The standard InChI is InChI=1S/C25H28N4O6S/c1-27(2)36(32,33)29-17-18(19-8-4-6-10-22(19)29)16-21(25(31)28-12-14-35-15-13-28)26-24(30)20-9-5-7-11-23(20)34-3/h4-11,16-17H,12-15H2,1-3H3,(H,26,30)/b21-16-. The summed E-state index contributed by atoms with van der Waals surface area (Å²) >= 11 is 0. The van der Waals surface area contributed by atoms with Crippen molar-refractivity contribution in [3.63, 3.8) is 0 Å². The van der Waals surface area contributed by atoms with Crippen LogP contribution in [0, 0.1) is 0 Å². The van der Waals surface area contributed by atoms with E-state index in [2.05, 4.69) is 5.32 Å². The highest BCUT2D eigenvalue weighted by molar-refractivity contribution is 7.87. The van der Waals surface area contributed by atoms with Crippen LogP contribution >= 0.6 is 0 Å². The Morgan fingerprint density at radius 3 is 2.42 bits per heavy atom. The fraction of sp³-hybridized carbons (Fsp3) is 0.280. The Balaban J connectivity index is 1.82. The van der Waals surface area contributed by atoms with Crippen molar-refractivity contribution in [3.8, 4) is 5.75 Å². The number of ether oxygens (including phenoxy) is 2. The molecule has 1 saturated heterocycles. The van der Waals surface area contributed by atoms with Gasteiger partial charge in [-0.3, -0.25) is 9.59 Å². The maximum Gasteiger partial charge on any atom is 0.307 e. The first-order chi connectivity index (χ1) is 17.2. The monoisotopic (exact) mass is 512 g/mol. The largest absolute Gasteiger partial charge is 0.496 e. The van der Waals surface area contributed by atoms with E-state index in [1.165, 1.54) is 33.5 Å². The third kappa shape index (κ3) is 4.99. The molecule has 0 radical (unpaired) electrons. The number of benzene rings is 2. The number of nitrogens with zero attached hydrogens (tertiary/aromatic N) is 3. The number of amides is 2. The summed E-state index contributed by atoms with van der Waals surface area (Å²) in [6, 6.07) is 13.7. The summed E-state index contributed by atoms with van der Waals surface area (Å²) in [6.45, 7) is 1.52. The molecule has 4 rings (SSSR count). The number of fused-ring (bicyclic) bond motifs is 1. The lowest BCUT2D eigenvalue weighted by atomic mass is 10.1. The average molecular weight is 513 g/mol. The molecule has 2 heterocycles. The molecule has 1 N–H and O–H groups in total. The number of carbonyl (C=O) groups excluding carboxylic acids is 2. The van der Waals surface area contributed by atoms with Crippen LogP contribution in [-0.2, 0) is 19.7 Å². The Labute approximate surface area is 209 Å².